The molecule has 0 saturated carbocycles. The molecule has 0 aliphatic heterocycles. The van der Waals surface area contributed by atoms with Gasteiger partial charge in [-0.25, -0.2) is 9.59 Å². The number of carbonyl (C=O) groups is 2. The van der Waals surface area contributed by atoms with Crippen LogP contribution < -0.4 is 0 Å². The monoisotopic (exact) mass is 416 g/mol. The highest BCUT2D eigenvalue weighted by molar-refractivity contribution is 5.61. The predicted octanol–water partition coefficient (Wildman–Crippen LogP) is 6.75. The molecule has 0 aromatic heterocycles. The molecule has 6 nitrogen and oxygen atoms in total. The number of hydrogen-bond donors (Lipinski definition) is 0. The van der Waals surface area contributed by atoms with Gasteiger partial charge in [0.25, 0.3) is 0 Å². The summed E-state index contributed by atoms with van der Waals surface area (Å²) in [5, 5.41) is 0. The lowest BCUT2D eigenvalue weighted by molar-refractivity contribution is -0.0370. The molecule has 0 fully saturated rings. The molecule has 0 aliphatic carbocycles. The van der Waals surface area contributed by atoms with Crippen LogP contribution in [0, 0.1) is 17.8 Å². The largest absolute Gasteiger partial charge is 0.508 e. The first-order valence-electron chi connectivity index (χ1n) is 11.5. The standard InChI is InChI=1S/C23H44O6/c1-7-11-13-19(9-3)15-26-22(24)28-17-21(18(5)6)29-23(25)27-16-20(10-4)14-12-8-2/h18-21H,7-17H2,1-6H3. The van der Waals surface area contributed by atoms with E-state index in [1.165, 1.54) is 0 Å². The van der Waals surface area contributed by atoms with Crippen molar-refractivity contribution in [2.45, 2.75) is 99.0 Å². The molecular weight excluding hydrogens is 372 g/mol. The van der Waals surface area contributed by atoms with Crippen molar-refractivity contribution in [1.82, 2.24) is 0 Å². The summed E-state index contributed by atoms with van der Waals surface area (Å²) in [6, 6.07) is 0. The Kier molecular flexibility index (Phi) is 16.5. The van der Waals surface area contributed by atoms with Crippen LogP contribution in [0.4, 0.5) is 9.59 Å². The van der Waals surface area contributed by atoms with Crippen molar-refractivity contribution in [3.63, 3.8) is 0 Å². The number of rotatable bonds is 16. The van der Waals surface area contributed by atoms with Crippen LogP contribution in [0.5, 0.6) is 0 Å². The number of unbranched alkanes of at least 4 members (excludes halogenated alkanes) is 2. The Hall–Kier alpha value is -1.46. The maximum atomic E-state index is 12.0. The summed E-state index contributed by atoms with van der Waals surface area (Å²) in [5.41, 5.74) is 0. The van der Waals surface area contributed by atoms with E-state index in [1.807, 2.05) is 13.8 Å². The fraction of sp³-hybridized carbons (Fsp3) is 0.913. The van der Waals surface area contributed by atoms with Gasteiger partial charge in [-0.2, -0.15) is 0 Å². The molecule has 0 aromatic rings. The summed E-state index contributed by atoms with van der Waals surface area (Å²) in [6.45, 7) is 13.0. The molecule has 0 saturated heterocycles. The van der Waals surface area contributed by atoms with Crippen LogP contribution in [0.2, 0.25) is 0 Å². The van der Waals surface area contributed by atoms with Crippen LogP contribution in [-0.2, 0) is 18.9 Å². The van der Waals surface area contributed by atoms with Gasteiger partial charge >= 0.3 is 12.3 Å². The lowest BCUT2D eigenvalue weighted by atomic mass is 10.0. The van der Waals surface area contributed by atoms with E-state index in [0.717, 1.165) is 51.4 Å². The third-order valence-electron chi connectivity index (χ3n) is 5.32. The van der Waals surface area contributed by atoms with Gasteiger partial charge in [-0.1, -0.05) is 80.1 Å². The second kappa shape index (κ2) is 17.4. The zero-order chi connectivity index (χ0) is 22.1. The van der Waals surface area contributed by atoms with Crippen molar-refractivity contribution >= 4 is 12.3 Å². The highest BCUT2D eigenvalue weighted by Gasteiger charge is 2.23. The van der Waals surface area contributed by atoms with E-state index < -0.39 is 18.4 Å². The minimum Gasteiger partial charge on any atom is -0.434 e. The maximum Gasteiger partial charge on any atom is 0.508 e. The summed E-state index contributed by atoms with van der Waals surface area (Å²) in [6.07, 6.45) is 6.53. The average molecular weight is 417 g/mol. The highest BCUT2D eigenvalue weighted by Crippen LogP contribution is 2.16. The zero-order valence-corrected chi connectivity index (χ0v) is 19.5. The smallest absolute Gasteiger partial charge is 0.434 e. The van der Waals surface area contributed by atoms with E-state index in [-0.39, 0.29) is 12.5 Å². The van der Waals surface area contributed by atoms with Crippen molar-refractivity contribution in [2.24, 2.45) is 17.8 Å². The van der Waals surface area contributed by atoms with Crippen LogP contribution in [0.15, 0.2) is 0 Å². The topological polar surface area (TPSA) is 71.1 Å². The second-order valence-electron chi connectivity index (χ2n) is 8.17. The Morgan fingerprint density at radius 2 is 1.14 bits per heavy atom. The van der Waals surface area contributed by atoms with Gasteiger partial charge in [-0.3, -0.25) is 0 Å². The first-order chi connectivity index (χ1) is 13.9. The van der Waals surface area contributed by atoms with Gasteiger partial charge in [0.2, 0.25) is 0 Å². The van der Waals surface area contributed by atoms with Crippen LogP contribution in [0.25, 0.3) is 0 Å². The molecule has 0 spiro atoms. The lowest BCUT2D eigenvalue weighted by Gasteiger charge is -2.22. The van der Waals surface area contributed by atoms with Crippen molar-refractivity contribution in [1.29, 1.82) is 0 Å². The zero-order valence-electron chi connectivity index (χ0n) is 19.5. The van der Waals surface area contributed by atoms with Crippen LogP contribution >= 0.6 is 0 Å². The maximum absolute atomic E-state index is 12.0. The average Bonchev–Trinajstić information content (AvgIpc) is 2.71. The fourth-order valence-electron chi connectivity index (χ4n) is 2.88. The Balaban J connectivity index is 4.29. The summed E-state index contributed by atoms with van der Waals surface area (Å²) in [7, 11) is 0. The Labute approximate surface area is 178 Å². The Morgan fingerprint density at radius 1 is 0.690 bits per heavy atom. The normalized spacial score (nSPS) is 14.2. The Morgan fingerprint density at radius 3 is 1.55 bits per heavy atom. The van der Waals surface area contributed by atoms with Gasteiger partial charge in [0.05, 0.1) is 13.2 Å². The molecule has 172 valence electrons. The Bertz CT molecular complexity index is 424. The van der Waals surface area contributed by atoms with E-state index in [2.05, 4.69) is 27.7 Å². The number of ether oxygens (including phenoxy) is 4. The van der Waals surface area contributed by atoms with E-state index in [0.29, 0.717) is 25.0 Å². The summed E-state index contributed by atoms with van der Waals surface area (Å²) >= 11 is 0. The van der Waals surface area contributed by atoms with E-state index in [1.54, 1.807) is 0 Å². The van der Waals surface area contributed by atoms with Gasteiger partial charge in [-0.15, -0.1) is 0 Å². The molecule has 3 atom stereocenters. The molecule has 0 aliphatic rings. The molecule has 0 amide bonds. The van der Waals surface area contributed by atoms with Crippen molar-refractivity contribution in [3.05, 3.63) is 0 Å². The molecule has 6 heteroatoms. The predicted molar refractivity (Wildman–Crippen MR) is 115 cm³/mol. The minimum absolute atomic E-state index is 0.00893. The first kappa shape index (κ1) is 27.5. The minimum atomic E-state index is -0.715. The third kappa shape index (κ3) is 14.2. The van der Waals surface area contributed by atoms with E-state index in [9.17, 15) is 9.59 Å². The van der Waals surface area contributed by atoms with Crippen molar-refractivity contribution in [2.75, 3.05) is 19.8 Å². The molecule has 0 radical (unpaired) electrons. The number of carbonyl (C=O) groups excluding carboxylic acids is 2. The van der Waals surface area contributed by atoms with E-state index >= 15 is 0 Å². The molecular formula is C23H44O6. The highest BCUT2D eigenvalue weighted by atomic mass is 16.8. The van der Waals surface area contributed by atoms with Gasteiger partial charge in [-0.05, 0) is 30.6 Å². The molecule has 0 heterocycles. The number of hydrogen-bond acceptors (Lipinski definition) is 6. The van der Waals surface area contributed by atoms with Crippen LogP contribution in [0.1, 0.15) is 92.9 Å². The van der Waals surface area contributed by atoms with E-state index in [4.69, 9.17) is 18.9 Å². The molecule has 0 aromatic carbocycles. The third-order valence-corrected chi connectivity index (χ3v) is 5.32. The van der Waals surface area contributed by atoms with Gasteiger partial charge in [0.1, 0.15) is 12.7 Å². The van der Waals surface area contributed by atoms with Crippen LogP contribution in [0.3, 0.4) is 0 Å². The van der Waals surface area contributed by atoms with Crippen molar-refractivity contribution in [3.8, 4) is 0 Å². The molecule has 0 N–H and O–H groups in total. The molecule has 3 unspecified atom stereocenters. The molecule has 29 heavy (non-hydrogen) atoms. The van der Waals surface area contributed by atoms with Crippen molar-refractivity contribution < 1.29 is 28.5 Å². The van der Waals surface area contributed by atoms with Gasteiger partial charge in [0, 0.05) is 0 Å². The molecule has 0 bridgehead atoms. The molecule has 0 rings (SSSR count). The van der Waals surface area contributed by atoms with Crippen LogP contribution in [-0.4, -0.2) is 38.2 Å². The lowest BCUT2D eigenvalue weighted by Crippen LogP contribution is -2.31. The second-order valence-corrected chi connectivity index (χ2v) is 8.17. The first-order valence-corrected chi connectivity index (χ1v) is 11.5. The summed E-state index contributed by atoms with van der Waals surface area (Å²) < 4.78 is 21.0. The summed E-state index contributed by atoms with van der Waals surface area (Å²) in [4.78, 5) is 23.9. The quantitative estimate of drug-likeness (QED) is 0.259. The fourth-order valence-corrected chi connectivity index (χ4v) is 2.88. The van der Waals surface area contributed by atoms with Gasteiger partial charge in [0.15, 0.2) is 0 Å². The SMILES string of the molecule is CCCCC(CC)COC(=O)OCC(OC(=O)OCC(CC)CCCC)C(C)C. The summed E-state index contributed by atoms with van der Waals surface area (Å²) in [5.74, 6) is 0.699. The van der Waals surface area contributed by atoms with Gasteiger partial charge < -0.3 is 18.9 Å².